The fourth-order valence-electron chi connectivity index (χ4n) is 2.69. The molecule has 4 rings (SSSR count). The van der Waals surface area contributed by atoms with Crippen molar-refractivity contribution in [3.63, 3.8) is 0 Å². The van der Waals surface area contributed by atoms with E-state index in [-0.39, 0.29) is 5.91 Å². The summed E-state index contributed by atoms with van der Waals surface area (Å²) in [5, 5.41) is 18.0. The molecular weight excluding hydrogens is 378 g/mol. The lowest BCUT2D eigenvalue weighted by Gasteiger charge is -2.18. The van der Waals surface area contributed by atoms with Gasteiger partial charge in [-0.25, -0.2) is 4.68 Å². The number of carbonyl (C=O) groups excluding carboxylic acids is 1. The van der Waals surface area contributed by atoms with Crippen LogP contribution in [0.3, 0.4) is 0 Å². The number of hydrogen-bond acceptors (Lipinski definition) is 8. The molecule has 3 heterocycles. The van der Waals surface area contributed by atoms with E-state index in [9.17, 15) is 4.79 Å². The van der Waals surface area contributed by atoms with Gasteiger partial charge in [0.25, 0.3) is 5.91 Å². The molecule has 0 aliphatic heterocycles. The Morgan fingerprint density at radius 3 is 2.89 bits per heavy atom. The molecule has 10 heteroatoms. The predicted octanol–water partition coefficient (Wildman–Crippen LogP) is 2.02. The van der Waals surface area contributed by atoms with Gasteiger partial charge in [-0.3, -0.25) is 14.7 Å². The van der Waals surface area contributed by atoms with E-state index in [4.69, 9.17) is 4.74 Å². The van der Waals surface area contributed by atoms with Crippen molar-refractivity contribution in [3.05, 3.63) is 59.4 Å². The number of ether oxygens (including phenoxy) is 1. The normalized spacial score (nSPS) is 11.0. The topological polar surface area (TPSA) is 98.9 Å². The molecule has 0 bridgehead atoms. The lowest BCUT2D eigenvalue weighted by Crippen LogP contribution is -2.34. The van der Waals surface area contributed by atoms with Crippen molar-refractivity contribution in [2.75, 3.05) is 25.2 Å². The van der Waals surface area contributed by atoms with Crippen LogP contribution in [-0.2, 0) is 11.3 Å². The molecule has 0 N–H and O–H groups in total. The number of hydrogen-bond donors (Lipinski definition) is 0. The monoisotopic (exact) mass is 395 g/mol. The summed E-state index contributed by atoms with van der Waals surface area (Å²) in [6.07, 6.45) is 3.16. The van der Waals surface area contributed by atoms with Gasteiger partial charge >= 0.3 is 0 Å². The van der Waals surface area contributed by atoms with Crippen LogP contribution < -0.4 is 4.90 Å². The zero-order chi connectivity index (χ0) is 19.3. The maximum absolute atomic E-state index is 12.9. The van der Waals surface area contributed by atoms with Crippen molar-refractivity contribution in [2.45, 2.75) is 6.54 Å². The summed E-state index contributed by atoms with van der Waals surface area (Å²) >= 11 is 1.34. The number of benzene rings is 1. The first-order valence-electron chi connectivity index (χ1n) is 8.57. The van der Waals surface area contributed by atoms with Gasteiger partial charge in [-0.1, -0.05) is 28.7 Å². The van der Waals surface area contributed by atoms with Gasteiger partial charge in [0.15, 0.2) is 0 Å². The minimum atomic E-state index is -0.195. The highest BCUT2D eigenvalue weighted by Crippen LogP contribution is 2.23. The standard InChI is InChI=1S/C18H17N7O2S/c1-27-10-9-24(17(26)13-5-4-8-19-11-13)18-22-21-16(28-18)12-25-15-7-3-2-6-14(15)20-23-25/h2-8,11H,9-10,12H2,1H3. The molecule has 0 saturated heterocycles. The smallest absolute Gasteiger partial charge is 0.261 e. The third-order valence-corrected chi connectivity index (χ3v) is 5.00. The lowest BCUT2D eigenvalue weighted by molar-refractivity contribution is 0.0975. The Morgan fingerprint density at radius 2 is 2.07 bits per heavy atom. The molecular formula is C18H17N7O2S. The van der Waals surface area contributed by atoms with Gasteiger partial charge in [-0.2, -0.15) is 0 Å². The van der Waals surface area contributed by atoms with Crippen LogP contribution in [0.4, 0.5) is 5.13 Å². The molecule has 142 valence electrons. The van der Waals surface area contributed by atoms with Crippen LogP contribution >= 0.6 is 11.3 Å². The first kappa shape index (κ1) is 18.1. The van der Waals surface area contributed by atoms with Crippen molar-refractivity contribution in [1.82, 2.24) is 30.2 Å². The van der Waals surface area contributed by atoms with Crippen molar-refractivity contribution < 1.29 is 9.53 Å². The highest BCUT2D eigenvalue weighted by Gasteiger charge is 2.22. The second kappa shape index (κ2) is 8.19. The van der Waals surface area contributed by atoms with Crippen LogP contribution in [0.2, 0.25) is 0 Å². The molecule has 3 aromatic heterocycles. The Bertz CT molecular complexity index is 1080. The average Bonchev–Trinajstić information content (AvgIpc) is 3.37. The minimum Gasteiger partial charge on any atom is -0.383 e. The van der Waals surface area contributed by atoms with Gasteiger partial charge in [0.05, 0.1) is 30.8 Å². The van der Waals surface area contributed by atoms with Crippen LogP contribution in [0, 0.1) is 0 Å². The maximum atomic E-state index is 12.9. The zero-order valence-corrected chi connectivity index (χ0v) is 15.9. The van der Waals surface area contributed by atoms with Crippen molar-refractivity contribution in [3.8, 4) is 0 Å². The van der Waals surface area contributed by atoms with Gasteiger partial charge in [0.2, 0.25) is 5.13 Å². The molecule has 0 saturated carbocycles. The first-order chi connectivity index (χ1) is 13.8. The highest BCUT2D eigenvalue weighted by atomic mass is 32.1. The summed E-state index contributed by atoms with van der Waals surface area (Å²) in [7, 11) is 1.59. The molecule has 4 aromatic rings. The van der Waals surface area contributed by atoms with Gasteiger partial charge in [0, 0.05) is 19.5 Å². The molecule has 28 heavy (non-hydrogen) atoms. The molecule has 1 amide bonds. The summed E-state index contributed by atoms with van der Waals surface area (Å²) in [5.41, 5.74) is 2.22. The maximum Gasteiger partial charge on any atom is 0.261 e. The minimum absolute atomic E-state index is 0.195. The van der Waals surface area contributed by atoms with Crippen LogP contribution in [0.1, 0.15) is 15.4 Å². The SMILES string of the molecule is COCCN(C(=O)c1cccnc1)c1nnc(Cn2nnc3ccccc32)s1. The van der Waals surface area contributed by atoms with Crippen molar-refractivity contribution in [2.24, 2.45) is 0 Å². The molecule has 0 aliphatic rings. The number of anilines is 1. The third kappa shape index (κ3) is 3.73. The van der Waals surface area contributed by atoms with E-state index < -0.39 is 0 Å². The molecule has 0 spiro atoms. The Morgan fingerprint density at radius 1 is 1.18 bits per heavy atom. The van der Waals surface area contributed by atoms with Crippen molar-refractivity contribution in [1.29, 1.82) is 0 Å². The van der Waals surface area contributed by atoms with Crippen LogP contribution in [0.5, 0.6) is 0 Å². The largest absolute Gasteiger partial charge is 0.383 e. The third-order valence-electron chi connectivity index (χ3n) is 4.07. The summed E-state index contributed by atoms with van der Waals surface area (Å²) < 4.78 is 6.91. The van der Waals surface area contributed by atoms with E-state index in [2.05, 4.69) is 25.5 Å². The van der Waals surface area contributed by atoms with Gasteiger partial charge in [0.1, 0.15) is 10.5 Å². The Balaban J connectivity index is 1.58. The molecule has 1 aromatic carbocycles. The fourth-order valence-corrected chi connectivity index (χ4v) is 3.54. The van der Waals surface area contributed by atoms with Crippen LogP contribution in [0.25, 0.3) is 11.0 Å². The molecule has 0 atom stereocenters. The number of aromatic nitrogens is 6. The highest BCUT2D eigenvalue weighted by molar-refractivity contribution is 7.15. The lowest BCUT2D eigenvalue weighted by atomic mass is 10.2. The van der Waals surface area contributed by atoms with Gasteiger partial charge in [-0.15, -0.1) is 15.3 Å². The molecule has 0 fully saturated rings. The number of pyridine rings is 1. The number of para-hydroxylation sites is 1. The van der Waals surface area contributed by atoms with E-state index >= 15 is 0 Å². The molecule has 9 nitrogen and oxygen atoms in total. The fraction of sp³-hybridized carbons (Fsp3) is 0.222. The molecule has 0 aliphatic carbocycles. The summed E-state index contributed by atoms with van der Waals surface area (Å²) in [4.78, 5) is 18.5. The molecule has 0 radical (unpaired) electrons. The number of nitrogens with zero attached hydrogens (tertiary/aromatic N) is 7. The zero-order valence-electron chi connectivity index (χ0n) is 15.1. The van der Waals surface area contributed by atoms with E-state index in [1.54, 1.807) is 35.0 Å². The number of fused-ring (bicyclic) bond motifs is 1. The average molecular weight is 395 g/mol. The molecule has 0 unspecified atom stereocenters. The number of rotatable bonds is 7. The van der Waals surface area contributed by atoms with E-state index in [1.807, 2.05) is 24.3 Å². The predicted molar refractivity (Wildman–Crippen MR) is 104 cm³/mol. The summed E-state index contributed by atoms with van der Waals surface area (Å²) in [5.74, 6) is -0.195. The summed E-state index contributed by atoms with van der Waals surface area (Å²) in [6.45, 7) is 1.18. The van der Waals surface area contributed by atoms with Gasteiger partial charge in [-0.05, 0) is 24.3 Å². The Hall–Kier alpha value is -3.24. The number of amides is 1. The van der Waals surface area contributed by atoms with Gasteiger partial charge < -0.3 is 4.74 Å². The number of methoxy groups -OCH3 is 1. The quantitative estimate of drug-likeness (QED) is 0.472. The summed E-state index contributed by atoms with van der Waals surface area (Å²) in [6, 6.07) is 11.2. The van der Waals surface area contributed by atoms with Crippen LogP contribution in [0.15, 0.2) is 48.8 Å². The first-order valence-corrected chi connectivity index (χ1v) is 9.39. The van der Waals surface area contributed by atoms with E-state index in [1.165, 1.54) is 17.5 Å². The van der Waals surface area contributed by atoms with Crippen molar-refractivity contribution >= 4 is 33.4 Å². The second-order valence-electron chi connectivity index (χ2n) is 5.91. The van der Waals surface area contributed by atoms with Crippen LogP contribution in [-0.4, -0.2) is 56.3 Å². The van der Waals surface area contributed by atoms with E-state index in [0.717, 1.165) is 16.0 Å². The Kier molecular flexibility index (Phi) is 5.31. The number of carbonyl (C=O) groups is 1. The second-order valence-corrected chi connectivity index (χ2v) is 6.95. The van der Waals surface area contributed by atoms with E-state index in [0.29, 0.717) is 30.4 Å². The Labute approximate surface area is 164 Å².